The zero-order valence-electron chi connectivity index (χ0n) is 7.42. The van der Waals surface area contributed by atoms with Crippen molar-refractivity contribution in [3.8, 4) is 0 Å². The van der Waals surface area contributed by atoms with Crippen LogP contribution in [0.15, 0.2) is 0 Å². The molecular weight excluding hydrogens is 177 g/mol. The second kappa shape index (κ2) is 3.32. The average molecular weight is 189 g/mol. The van der Waals surface area contributed by atoms with Crippen LogP contribution < -0.4 is 0 Å². The molecular formula is C8H12FNO3. The van der Waals surface area contributed by atoms with Crippen LogP contribution in [0.25, 0.3) is 0 Å². The fourth-order valence-electron chi connectivity index (χ4n) is 1.47. The van der Waals surface area contributed by atoms with Gasteiger partial charge in [0.1, 0.15) is 0 Å². The van der Waals surface area contributed by atoms with Gasteiger partial charge in [0.25, 0.3) is 11.6 Å². The van der Waals surface area contributed by atoms with Gasteiger partial charge in [-0.25, -0.2) is 9.18 Å². The predicted molar refractivity (Wildman–Crippen MR) is 43.0 cm³/mol. The van der Waals surface area contributed by atoms with Crippen LogP contribution in [0.3, 0.4) is 0 Å². The minimum absolute atomic E-state index is 0.211. The molecule has 0 aromatic heterocycles. The molecule has 1 atom stereocenters. The fourth-order valence-corrected chi connectivity index (χ4v) is 1.47. The van der Waals surface area contributed by atoms with Gasteiger partial charge >= 0.3 is 5.97 Å². The number of piperidine rings is 1. The van der Waals surface area contributed by atoms with Gasteiger partial charge in [0.15, 0.2) is 0 Å². The molecule has 0 aromatic rings. The number of carboxylic acids is 1. The molecule has 1 rings (SSSR count). The number of likely N-dealkylation sites (tertiary alicyclic amines) is 1. The molecule has 74 valence electrons. The molecule has 0 spiro atoms. The number of carboxylic acid groups (broad SMARTS) is 1. The highest BCUT2D eigenvalue weighted by Crippen LogP contribution is 2.26. The van der Waals surface area contributed by atoms with Gasteiger partial charge in [0, 0.05) is 19.5 Å². The Balaban J connectivity index is 2.87. The first-order valence-corrected chi connectivity index (χ1v) is 4.24. The molecule has 0 bridgehead atoms. The quantitative estimate of drug-likeness (QED) is 0.640. The summed E-state index contributed by atoms with van der Waals surface area (Å²) in [7, 11) is 0. The number of hydrogen-bond acceptors (Lipinski definition) is 2. The molecule has 1 amide bonds. The summed E-state index contributed by atoms with van der Waals surface area (Å²) in [6.07, 6.45) is 0.194. The zero-order chi connectivity index (χ0) is 10.1. The van der Waals surface area contributed by atoms with Crippen molar-refractivity contribution in [1.29, 1.82) is 0 Å². The highest BCUT2D eigenvalue weighted by Gasteiger charge is 2.50. The van der Waals surface area contributed by atoms with E-state index in [0.717, 1.165) is 0 Å². The Morgan fingerprint density at radius 1 is 1.77 bits per heavy atom. The van der Waals surface area contributed by atoms with Gasteiger partial charge in [-0.15, -0.1) is 0 Å². The Morgan fingerprint density at radius 3 is 2.85 bits per heavy atom. The van der Waals surface area contributed by atoms with Crippen LogP contribution in [0, 0.1) is 0 Å². The largest absolute Gasteiger partial charge is 0.478 e. The summed E-state index contributed by atoms with van der Waals surface area (Å²) in [4.78, 5) is 23.0. The molecule has 0 saturated carbocycles. The highest BCUT2D eigenvalue weighted by molar-refractivity contribution is 6.05. The lowest BCUT2D eigenvalue weighted by Gasteiger charge is -2.33. The summed E-state index contributed by atoms with van der Waals surface area (Å²) >= 11 is 0. The SMILES string of the molecule is CCN1CCCC(F)(C(=O)O)C1=O. The number of hydrogen-bond donors (Lipinski definition) is 1. The van der Waals surface area contributed by atoms with Gasteiger partial charge in [-0.3, -0.25) is 4.79 Å². The fraction of sp³-hybridized carbons (Fsp3) is 0.750. The van der Waals surface area contributed by atoms with E-state index in [-0.39, 0.29) is 6.42 Å². The van der Waals surface area contributed by atoms with Crippen molar-refractivity contribution in [3.05, 3.63) is 0 Å². The third kappa shape index (κ3) is 1.50. The number of halogens is 1. The number of alkyl halides is 1. The molecule has 1 N–H and O–H groups in total. The highest BCUT2D eigenvalue weighted by atomic mass is 19.1. The number of rotatable bonds is 2. The molecule has 1 aliphatic heterocycles. The van der Waals surface area contributed by atoms with Crippen LogP contribution in [0.5, 0.6) is 0 Å². The average Bonchev–Trinajstić information content (AvgIpc) is 2.09. The summed E-state index contributed by atoms with van der Waals surface area (Å²) in [5.41, 5.74) is -2.69. The lowest BCUT2D eigenvalue weighted by molar-refractivity contribution is -0.166. The molecule has 5 heteroatoms. The van der Waals surface area contributed by atoms with Crippen LogP contribution in [0.1, 0.15) is 19.8 Å². The topological polar surface area (TPSA) is 57.6 Å². The summed E-state index contributed by atoms with van der Waals surface area (Å²) < 4.78 is 13.5. The van der Waals surface area contributed by atoms with Gasteiger partial charge in [-0.2, -0.15) is 0 Å². The maximum Gasteiger partial charge on any atom is 0.351 e. The van der Waals surface area contributed by atoms with Crippen LogP contribution in [0.2, 0.25) is 0 Å². The molecule has 13 heavy (non-hydrogen) atoms. The summed E-state index contributed by atoms with van der Waals surface area (Å²) in [6, 6.07) is 0. The number of aliphatic carboxylic acids is 1. The Morgan fingerprint density at radius 2 is 2.38 bits per heavy atom. The molecule has 0 radical (unpaired) electrons. The first kappa shape index (κ1) is 9.95. The Labute approximate surface area is 75.3 Å². The van der Waals surface area contributed by atoms with E-state index < -0.39 is 17.5 Å². The second-order valence-electron chi connectivity index (χ2n) is 3.09. The smallest absolute Gasteiger partial charge is 0.351 e. The minimum Gasteiger partial charge on any atom is -0.478 e. The van der Waals surface area contributed by atoms with Gasteiger partial charge in [-0.05, 0) is 13.3 Å². The predicted octanol–water partition coefficient (Wildman–Crippen LogP) is 0.422. The van der Waals surface area contributed by atoms with Crippen LogP contribution >= 0.6 is 0 Å². The van der Waals surface area contributed by atoms with Crippen molar-refractivity contribution in [1.82, 2.24) is 4.90 Å². The van der Waals surface area contributed by atoms with Crippen molar-refractivity contribution in [2.45, 2.75) is 25.4 Å². The van der Waals surface area contributed by atoms with Crippen LogP contribution in [-0.2, 0) is 9.59 Å². The van der Waals surface area contributed by atoms with Gasteiger partial charge in [-0.1, -0.05) is 0 Å². The standard InChI is InChI=1S/C8H12FNO3/c1-2-10-5-3-4-8(9,6(10)11)7(12)13/h2-5H2,1H3,(H,12,13). The van der Waals surface area contributed by atoms with Crippen molar-refractivity contribution in [3.63, 3.8) is 0 Å². The number of carbonyl (C=O) groups is 2. The second-order valence-corrected chi connectivity index (χ2v) is 3.09. The number of carbonyl (C=O) groups excluding carboxylic acids is 1. The van der Waals surface area contributed by atoms with E-state index in [9.17, 15) is 14.0 Å². The van der Waals surface area contributed by atoms with E-state index >= 15 is 0 Å². The maximum atomic E-state index is 13.5. The maximum absolute atomic E-state index is 13.5. The first-order valence-electron chi connectivity index (χ1n) is 4.24. The third-order valence-electron chi connectivity index (χ3n) is 2.30. The Kier molecular flexibility index (Phi) is 2.54. The number of nitrogens with zero attached hydrogens (tertiary/aromatic N) is 1. The normalized spacial score (nSPS) is 29.1. The van der Waals surface area contributed by atoms with E-state index in [0.29, 0.717) is 19.5 Å². The van der Waals surface area contributed by atoms with Gasteiger partial charge in [0.2, 0.25) is 0 Å². The van der Waals surface area contributed by atoms with E-state index in [2.05, 4.69) is 0 Å². The summed E-state index contributed by atoms with van der Waals surface area (Å²) in [6.45, 7) is 2.51. The van der Waals surface area contributed by atoms with E-state index in [1.165, 1.54) is 4.90 Å². The zero-order valence-corrected chi connectivity index (χ0v) is 7.42. The minimum atomic E-state index is -2.69. The van der Waals surface area contributed by atoms with Crippen LogP contribution in [0.4, 0.5) is 4.39 Å². The Hall–Kier alpha value is -1.13. The molecule has 1 saturated heterocycles. The molecule has 0 aromatic carbocycles. The Bertz CT molecular complexity index is 244. The van der Waals surface area contributed by atoms with Crippen molar-refractivity contribution in [2.24, 2.45) is 0 Å². The third-order valence-corrected chi connectivity index (χ3v) is 2.30. The monoisotopic (exact) mass is 189 g/mol. The van der Waals surface area contributed by atoms with Crippen LogP contribution in [-0.4, -0.2) is 40.6 Å². The van der Waals surface area contributed by atoms with E-state index in [1.54, 1.807) is 6.92 Å². The molecule has 0 aliphatic carbocycles. The molecule has 1 heterocycles. The number of amides is 1. The lowest BCUT2D eigenvalue weighted by atomic mass is 9.94. The molecule has 1 fully saturated rings. The lowest BCUT2D eigenvalue weighted by Crippen LogP contribution is -2.55. The molecule has 1 unspecified atom stereocenters. The van der Waals surface area contributed by atoms with E-state index in [1.807, 2.05) is 0 Å². The summed E-state index contributed by atoms with van der Waals surface area (Å²) in [5.74, 6) is -2.58. The molecule has 4 nitrogen and oxygen atoms in total. The van der Waals surface area contributed by atoms with Crippen molar-refractivity contribution in [2.75, 3.05) is 13.1 Å². The van der Waals surface area contributed by atoms with Gasteiger partial charge < -0.3 is 10.0 Å². The van der Waals surface area contributed by atoms with Crippen molar-refractivity contribution < 1.29 is 19.1 Å². The first-order chi connectivity index (χ1) is 6.02. The van der Waals surface area contributed by atoms with Gasteiger partial charge in [0.05, 0.1) is 0 Å². The summed E-state index contributed by atoms with van der Waals surface area (Å²) in [5, 5.41) is 8.56. The van der Waals surface area contributed by atoms with E-state index in [4.69, 9.17) is 5.11 Å². The van der Waals surface area contributed by atoms with Crippen molar-refractivity contribution >= 4 is 11.9 Å². The molecule has 1 aliphatic rings.